The highest BCUT2D eigenvalue weighted by molar-refractivity contribution is 14.0. The van der Waals surface area contributed by atoms with Crippen molar-refractivity contribution >= 4 is 35.8 Å². The normalized spacial score (nSPS) is 10.6. The predicted molar refractivity (Wildman–Crippen MR) is 120 cm³/mol. The van der Waals surface area contributed by atoms with Gasteiger partial charge < -0.3 is 20.7 Å². The monoisotopic (exact) mass is 482 g/mol. The van der Waals surface area contributed by atoms with Crippen LogP contribution < -0.4 is 20.7 Å². The third-order valence-corrected chi connectivity index (χ3v) is 3.82. The van der Waals surface area contributed by atoms with Gasteiger partial charge in [0.25, 0.3) is 5.91 Å². The number of hydrogen-bond donors (Lipinski definition) is 3. The summed E-state index contributed by atoms with van der Waals surface area (Å²) in [4.78, 5) is 16.0. The van der Waals surface area contributed by atoms with Gasteiger partial charge >= 0.3 is 0 Å². The quantitative estimate of drug-likeness (QED) is 0.323. The van der Waals surface area contributed by atoms with E-state index < -0.39 is 0 Å². The number of benzene rings is 2. The lowest BCUT2D eigenvalue weighted by Gasteiger charge is -2.14. The summed E-state index contributed by atoms with van der Waals surface area (Å²) in [6, 6.07) is 15.4. The zero-order valence-corrected chi connectivity index (χ0v) is 18.2. The number of nitrogens with zero attached hydrogens (tertiary/aromatic N) is 1. The number of guanidine groups is 1. The maximum absolute atomic E-state index is 11.7. The average molecular weight is 482 g/mol. The predicted octanol–water partition coefficient (Wildman–Crippen LogP) is 2.93. The largest absolute Gasteiger partial charge is 0.494 e. The van der Waals surface area contributed by atoms with Gasteiger partial charge in [-0.1, -0.05) is 30.3 Å². The van der Waals surface area contributed by atoms with E-state index in [1.807, 2.05) is 49.4 Å². The maximum Gasteiger partial charge on any atom is 0.251 e. The van der Waals surface area contributed by atoms with Crippen LogP contribution in [0.25, 0.3) is 0 Å². The summed E-state index contributed by atoms with van der Waals surface area (Å²) < 4.78 is 5.64. The molecule has 0 fully saturated rings. The summed E-state index contributed by atoms with van der Waals surface area (Å²) in [7, 11) is 3.35. The van der Waals surface area contributed by atoms with Crippen molar-refractivity contribution in [1.29, 1.82) is 0 Å². The third-order valence-electron chi connectivity index (χ3n) is 3.82. The van der Waals surface area contributed by atoms with E-state index in [9.17, 15) is 4.79 Å². The van der Waals surface area contributed by atoms with Crippen molar-refractivity contribution in [2.75, 3.05) is 20.7 Å². The number of ether oxygens (including phenoxy) is 1. The summed E-state index contributed by atoms with van der Waals surface area (Å²) in [5.74, 6) is 1.46. The lowest BCUT2D eigenvalue weighted by atomic mass is 10.1. The molecule has 0 atom stereocenters. The van der Waals surface area contributed by atoms with Gasteiger partial charge in [-0.25, -0.2) is 0 Å². The van der Waals surface area contributed by atoms with Crippen LogP contribution in [0, 0.1) is 0 Å². The fourth-order valence-electron chi connectivity index (χ4n) is 2.50. The molecule has 146 valence electrons. The summed E-state index contributed by atoms with van der Waals surface area (Å²) in [5.41, 5.74) is 2.71. The Morgan fingerprint density at radius 3 is 2.52 bits per heavy atom. The fourth-order valence-corrected chi connectivity index (χ4v) is 2.50. The first kappa shape index (κ1) is 22.8. The van der Waals surface area contributed by atoms with Crippen LogP contribution in [0.1, 0.15) is 28.4 Å². The molecule has 0 heterocycles. The second-order valence-electron chi connectivity index (χ2n) is 5.60. The lowest BCUT2D eigenvalue weighted by molar-refractivity contribution is 0.0963. The minimum atomic E-state index is -0.0955. The second-order valence-corrected chi connectivity index (χ2v) is 5.60. The third kappa shape index (κ3) is 7.09. The number of amides is 1. The molecule has 6 nitrogen and oxygen atoms in total. The van der Waals surface area contributed by atoms with E-state index >= 15 is 0 Å². The molecule has 0 aliphatic rings. The first-order valence-electron chi connectivity index (χ1n) is 8.64. The Hall–Kier alpha value is -2.29. The van der Waals surface area contributed by atoms with Gasteiger partial charge in [-0.2, -0.15) is 0 Å². The van der Waals surface area contributed by atoms with Gasteiger partial charge in [-0.3, -0.25) is 9.79 Å². The summed E-state index contributed by atoms with van der Waals surface area (Å²) in [5, 5.41) is 9.17. The minimum absolute atomic E-state index is 0. The molecule has 0 bridgehead atoms. The van der Waals surface area contributed by atoms with E-state index in [0.29, 0.717) is 31.2 Å². The molecule has 2 aromatic carbocycles. The molecule has 7 heteroatoms. The van der Waals surface area contributed by atoms with Crippen molar-refractivity contribution < 1.29 is 9.53 Å². The van der Waals surface area contributed by atoms with Gasteiger partial charge in [0.15, 0.2) is 5.96 Å². The highest BCUT2D eigenvalue weighted by Crippen LogP contribution is 2.17. The van der Waals surface area contributed by atoms with Gasteiger partial charge in [0.1, 0.15) is 5.75 Å². The van der Waals surface area contributed by atoms with Gasteiger partial charge in [0, 0.05) is 38.3 Å². The van der Waals surface area contributed by atoms with Crippen molar-refractivity contribution in [2.24, 2.45) is 4.99 Å². The van der Waals surface area contributed by atoms with Crippen LogP contribution in [0.2, 0.25) is 0 Å². The molecular weight excluding hydrogens is 455 g/mol. The van der Waals surface area contributed by atoms with Crippen LogP contribution in [0.4, 0.5) is 0 Å². The SMILES string of the molecule is CCOc1ccccc1CNC(=NC)NCc1cccc(C(=O)NC)c1.I. The Morgan fingerprint density at radius 2 is 1.81 bits per heavy atom. The standard InChI is InChI=1S/C20H26N4O2.HI/c1-4-26-18-11-6-5-9-17(18)14-24-20(22-3)23-13-15-8-7-10-16(12-15)19(25)21-2;/h5-12H,4,13-14H2,1-3H3,(H,21,25)(H2,22,23,24);1H. The molecule has 2 aromatic rings. The zero-order chi connectivity index (χ0) is 18.8. The molecule has 0 aromatic heterocycles. The number of rotatable bonds is 7. The molecule has 0 radical (unpaired) electrons. The smallest absolute Gasteiger partial charge is 0.251 e. The van der Waals surface area contributed by atoms with Crippen molar-refractivity contribution in [3.8, 4) is 5.75 Å². The van der Waals surface area contributed by atoms with E-state index in [1.165, 1.54) is 0 Å². The Kier molecular flexibility index (Phi) is 10.2. The average Bonchev–Trinajstić information content (AvgIpc) is 2.69. The lowest BCUT2D eigenvalue weighted by Crippen LogP contribution is -2.36. The van der Waals surface area contributed by atoms with E-state index in [1.54, 1.807) is 20.2 Å². The van der Waals surface area contributed by atoms with E-state index in [0.717, 1.165) is 16.9 Å². The van der Waals surface area contributed by atoms with Crippen molar-refractivity contribution in [3.05, 3.63) is 65.2 Å². The molecule has 0 saturated heterocycles. The van der Waals surface area contributed by atoms with Crippen LogP contribution in [0.3, 0.4) is 0 Å². The molecule has 1 amide bonds. The van der Waals surface area contributed by atoms with Crippen molar-refractivity contribution in [1.82, 2.24) is 16.0 Å². The Bertz CT molecular complexity index is 765. The molecule has 27 heavy (non-hydrogen) atoms. The minimum Gasteiger partial charge on any atom is -0.494 e. The van der Waals surface area contributed by atoms with E-state index in [-0.39, 0.29) is 29.9 Å². The van der Waals surface area contributed by atoms with Crippen molar-refractivity contribution in [3.63, 3.8) is 0 Å². The molecular formula is C20H27IN4O2. The summed E-state index contributed by atoms with van der Waals surface area (Å²) in [6.45, 7) is 3.77. The zero-order valence-electron chi connectivity index (χ0n) is 15.9. The Balaban J connectivity index is 0.00000364. The number of carbonyl (C=O) groups excluding carboxylic acids is 1. The highest BCUT2D eigenvalue weighted by Gasteiger charge is 2.06. The number of hydrogen-bond acceptors (Lipinski definition) is 3. The highest BCUT2D eigenvalue weighted by atomic mass is 127. The van der Waals surface area contributed by atoms with Gasteiger partial charge in [0.05, 0.1) is 6.61 Å². The first-order chi connectivity index (χ1) is 12.7. The number of nitrogens with one attached hydrogen (secondary N) is 3. The second kappa shape index (κ2) is 12.2. The molecule has 0 unspecified atom stereocenters. The molecule has 0 spiro atoms. The van der Waals surface area contributed by atoms with E-state index in [4.69, 9.17) is 4.74 Å². The Labute approximate surface area is 177 Å². The number of halogens is 1. The van der Waals surface area contributed by atoms with E-state index in [2.05, 4.69) is 20.9 Å². The topological polar surface area (TPSA) is 74.8 Å². The molecule has 0 aliphatic heterocycles. The van der Waals surface area contributed by atoms with Crippen LogP contribution in [0.5, 0.6) is 5.75 Å². The fraction of sp³-hybridized carbons (Fsp3) is 0.300. The van der Waals surface area contributed by atoms with Crippen molar-refractivity contribution in [2.45, 2.75) is 20.0 Å². The summed E-state index contributed by atoms with van der Waals surface area (Å²) in [6.07, 6.45) is 0. The van der Waals surface area contributed by atoms with Crippen LogP contribution >= 0.6 is 24.0 Å². The number of para-hydroxylation sites is 1. The van der Waals surface area contributed by atoms with Crippen LogP contribution in [-0.4, -0.2) is 32.6 Å². The molecule has 3 N–H and O–H groups in total. The van der Waals surface area contributed by atoms with Crippen LogP contribution in [0.15, 0.2) is 53.5 Å². The maximum atomic E-state index is 11.7. The number of aliphatic imine (C=N–C) groups is 1. The van der Waals surface area contributed by atoms with Gasteiger partial charge in [-0.15, -0.1) is 24.0 Å². The molecule has 2 rings (SSSR count). The Morgan fingerprint density at radius 1 is 1.07 bits per heavy atom. The molecule has 0 saturated carbocycles. The first-order valence-corrected chi connectivity index (χ1v) is 8.64. The summed E-state index contributed by atoms with van der Waals surface area (Å²) >= 11 is 0. The number of carbonyl (C=O) groups is 1. The van der Waals surface area contributed by atoms with Gasteiger partial charge in [-0.05, 0) is 30.7 Å². The van der Waals surface area contributed by atoms with Crippen LogP contribution in [-0.2, 0) is 13.1 Å². The van der Waals surface area contributed by atoms with Gasteiger partial charge in [0.2, 0.25) is 0 Å². The molecule has 0 aliphatic carbocycles.